The molecule has 34 heavy (non-hydrogen) atoms. The van der Waals surface area contributed by atoms with Gasteiger partial charge in [0.15, 0.2) is 5.82 Å². The number of pyridine rings is 1. The lowest BCUT2D eigenvalue weighted by Gasteiger charge is -2.31. The van der Waals surface area contributed by atoms with Crippen LogP contribution in [0.5, 0.6) is 0 Å². The van der Waals surface area contributed by atoms with Crippen LogP contribution in [-0.4, -0.2) is 30.1 Å². The van der Waals surface area contributed by atoms with E-state index in [-0.39, 0.29) is 11.6 Å². The minimum Gasteiger partial charge on any atom is -0.322 e. The molecule has 8 heteroatoms. The number of aromatic amines is 1. The summed E-state index contributed by atoms with van der Waals surface area (Å²) in [5, 5.41) is 16.2. The molecule has 1 fully saturated rings. The van der Waals surface area contributed by atoms with Gasteiger partial charge in [0.1, 0.15) is 0 Å². The third-order valence-electron chi connectivity index (χ3n) is 6.95. The third kappa shape index (κ3) is 4.83. The van der Waals surface area contributed by atoms with Crippen LogP contribution in [0.15, 0.2) is 46.6 Å². The summed E-state index contributed by atoms with van der Waals surface area (Å²) in [4.78, 5) is 19.8. The van der Waals surface area contributed by atoms with Crippen LogP contribution in [0.2, 0.25) is 0 Å². The van der Waals surface area contributed by atoms with E-state index in [1.165, 1.54) is 29.7 Å². The number of H-pyrrole nitrogens is 1. The molecular weight excluding hydrogens is 444 g/mol. The van der Waals surface area contributed by atoms with Crippen molar-refractivity contribution < 1.29 is 0 Å². The van der Waals surface area contributed by atoms with Gasteiger partial charge in [-0.15, -0.1) is 16.4 Å². The van der Waals surface area contributed by atoms with Crippen molar-refractivity contribution in [2.24, 2.45) is 0 Å². The maximum absolute atomic E-state index is 13.0. The maximum Gasteiger partial charge on any atom is 0.252 e. The zero-order valence-corrected chi connectivity index (χ0v) is 20.7. The Labute approximate surface area is 203 Å². The Morgan fingerprint density at radius 1 is 1.18 bits per heavy atom. The first kappa shape index (κ1) is 22.9. The summed E-state index contributed by atoms with van der Waals surface area (Å²) in [6.07, 6.45) is 6.87. The number of nitrogens with one attached hydrogen (secondary N) is 1. The molecule has 0 saturated heterocycles. The van der Waals surface area contributed by atoms with E-state index in [1.54, 1.807) is 11.3 Å². The fourth-order valence-corrected chi connectivity index (χ4v) is 5.93. The Balaban J connectivity index is 1.51. The van der Waals surface area contributed by atoms with Crippen LogP contribution in [0.25, 0.3) is 10.9 Å². The molecule has 0 spiro atoms. The number of rotatable bonds is 8. The molecule has 0 bridgehead atoms. The number of hydrogen-bond donors (Lipinski definition) is 1. The van der Waals surface area contributed by atoms with Crippen molar-refractivity contribution in [3.8, 4) is 0 Å². The van der Waals surface area contributed by atoms with Crippen LogP contribution in [0.3, 0.4) is 0 Å². The lowest BCUT2D eigenvalue weighted by molar-refractivity contribution is 0.157. The van der Waals surface area contributed by atoms with Crippen LogP contribution in [0, 0.1) is 6.92 Å². The van der Waals surface area contributed by atoms with Crippen LogP contribution < -0.4 is 5.56 Å². The van der Waals surface area contributed by atoms with Crippen molar-refractivity contribution in [1.82, 2.24) is 30.1 Å². The van der Waals surface area contributed by atoms with Crippen molar-refractivity contribution in [3.63, 3.8) is 0 Å². The number of fused-ring (bicyclic) bond motifs is 1. The fourth-order valence-electron chi connectivity index (χ4n) is 5.20. The van der Waals surface area contributed by atoms with E-state index in [0.717, 1.165) is 48.1 Å². The highest BCUT2D eigenvalue weighted by atomic mass is 32.1. The molecule has 7 nitrogen and oxygen atoms in total. The maximum atomic E-state index is 13.0. The molecule has 178 valence electrons. The highest BCUT2D eigenvalue weighted by Gasteiger charge is 2.29. The van der Waals surface area contributed by atoms with Gasteiger partial charge in [0.25, 0.3) is 5.56 Å². The van der Waals surface area contributed by atoms with E-state index in [4.69, 9.17) is 0 Å². The number of aromatic nitrogens is 5. The first-order chi connectivity index (χ1) is 16.6. The first-order valence-electron chi connectivity index (χ1n) is 12.3. The van der Waals surface area contributed by atoms with Gasteiger partial charge in [0.2, 0.25) is 0 Å². The highest BCUT2D eigenvalue weighted by Crippen LogP contribution is 2.33. The predicted molar refractivity (Wildman–Crippen MR) is 136 cm³/mol. The summed E-state index contributed by atoms with van der Waals surface area (Å²) in [5.74, 6) is 0.916. The Bertz CT molecular complexity index is 1290. The largest absolute Gasteiger partial charge is 0.322 e. The summed E-state index contributed by atoms with van der Waals surface area (Å²) in [7, 11) is 0. The molecule has 1 aliphatic carbocycles. The predicted octanol–water partition coefficient (Wildman–Crippen LogP) is 5.54. The summed E-state index contributed by atoms with van der Waals surface area (Å²) >= 11 is 1.74. The zero-order valence-electron chi connectivity index (χ0n) is 19.9. The van der Waals surface area contributed by atoms with E-state index in [2.05, 4.69) is 67.5 Å². The summed E-state index contributed by atoms with van der Waals surface area (Å²) < 4.78 is 2.07. The molecule has 0 aliphatic heterocycles. The molecule has 3 aromatic heterocycles. The van der Waals surface area contributed by atoms with Crippen molar-refractivity contribution >= 4 is 22.2 Å². The average Bonchev–Trinajstić information content (AvgIpc) is 3.53. The van der Waals surface area contributed by atoms with Gasteiger partial charge in [0, 0.05) is 29.0 Å². The van der Waals surface area contributed by atoms with Crippen LogP contribution in [-0.2, 0) is 13.1 Å². The number of hydrogen-bond acceptors (Lipinski definition) is 6. The standard InChI is InChI=1S/C26H32N6OS/c1-3-24(25-28-29-30-32(25)21-8-5-4-6-9-21)31(17-22-10-7-13-34-22)16-20-15-19-14-18(2)11-12-23(19)27-26(20)33/h7,10-15,21,24H,3-6,8-9,16-17H2,1-2H3,(H,27,33)/t24-/m1/s1. The molecule has 1 saturated carbocycles. The van der Waals surface area contributed by atoms with Crippen molar-refractivity contribution in [1.29, 1.82) is 0 Å². The summed E-state index contributed by atoms with van der Waals surface area (Å²) in [6.45, 7) is 5.54. The molecule has 0 unspecified atom stereocenters. The van der Waals surface area contributed by atoms with E-state index in [1.807, 2.05) is 18.2 Å². The Hall–Kier alpha value is -2.84. The monoisotopic (exact) mass is 476 g/mol. The summed E-state index contributed by atoms with van der Waals surface area (Å²) in [6, 6.07) is 12.8. The lowest BCUT2D eigenvalue weighted by Crippen LogP contribution is -2.33. The molecule has 5 rings (SSSR count). The van der Waals surface area contributed by atoms with Gasteiger partial charge in [-0.25, -0.2) is 4.68 Å². The molecule has 1 N–H and O–H groups in total. The SMILES string of the molecule is CC[C@H](c1nnnn1C1CCCCC1)N(Cc1cccs1)Cc1cc2cc(C)ccc2[nH]c1=O. The van der Waals surface area contributed by atoms with Crippen molar-refractivity contribution in [3.05, 3.63) is 74.0 Å². The average molecular weight is 477 g/mol. The third-order valence-corrected chi connectivity index (χ3v) is 7.81. The van der Waals surface area contributed by atoms with E-state index < -0.39 is 0 Å². The Morgan fingerprint density at radius 3 is 2.79 bits per heavy atom. The second kappa shape index (κ2) is 10.2. The smallest absolute Gasteiger partial charge is 0.252 e. The van der Waals surface area contributed by atoms with E-state index in [0.29, 0.717) is 12.6 Å². The number of benzene rings is 1. The molecule has 0 radical (unpaired) electrons. The summed E-state index contributed by atoms with van der Waals surface area (Å²) in [5.41, 5.74) is 2.79. The number of thiophene rings is 1. The minimum atomic E-state index is -0.0331. The van der Waals surface area contributed by atoms with Gasteiger partial charge in [0.05, 0.1) is 12.1 Å². The quantitative estimate of drug-likeness (QED) is 0.361. The van der Waals surface area contributed by atoms with Gasteiger partial charge < -0.3 is 4.98 Å². The molecule has 1 aliphatic rings. The Kier molecular flexibility index (Phi) is 6.87. The molecule has 3 heterocycles. The highest BCUT2D eigenvalue weighted by molar-refractivity contribution is 7.09. The van der Waals surface area contributed by atoms with E-state index in [9.17, 15) is 4.79 Å². The topological polar surface area (TPSA) is 79.7 Å². The molecular formula is C26H32N6OS. The number of aryl methyl sites for hydroxylation is 1. The van der Waals surface area contributed by atoms with Gasteiger partial charge in [-0.2, -0.15) is 0 Å². The second-order valence-electron chi connectivity index (χ2n) is 9.40. The van der Waals surface area contributed by atoms with E-state index >= 15 is 0 Å². The van der Waals surface area contributed by atoms with Crippen LogP contribution in [0.4, 0.5) is 0 Å². The van der Waals surface area contributed by atoms with Crippen LogP contribution >= 0.6 is 11.3 Å². The van der Waals surface area contributed by atoms with Crippen LogP contribution in [0.1, 0.15) is 79.4 Å². The normalized spacial score (nSPS) is 15.9. The lowest BCUT2D eigenvalue weighted by atomic mass is 9.95. The fraction of sp³-hybridized carbons (Fsp3) is 0.462. The van der Waals surface area contributed by atoms with Crippen molar-refractivity contribution in [2.45, 2.75) is 77.5 Å². The molecule has 4 aromatic rings. The molecule has 1 aromatic carbocycles. The number of tetrazole rings is 1. The first-order valence-corrected chi connectivity index (χ1v) is 13.2. The van der Waals surface area contributed by atoms with Gasteiger partial charge in [-0.1, -0.05) is 43.9 Å². The number of nitrogens with zero attached hydrogens (tertiary/aromatic N) is 5. The Morgan fingerprint density at radius 2 is 2.03 bits per heavy atom. The van der Waals surface area contributed by atoms with Gasteiger partial charge >= 0.3 is 0 Å². The van der Waals surface area contributed by atoms with Crippen molar-refractivity contribution in [2.75, 3.05) is 0 Å². The second-order valence-corrected chi connectivity index (χ2v) is 10.4. The zero-order chi connectivity index (χ0) is 23.5. The van der Waals surface area contributed by atoms with Gasteiger partial charge in [-0.3, -0.25) is 9.69 Å². The molecule has 1 atom stereocenters. The molecule has 0 amide bonds. The van der Waals surface area contributed by atoms with Gasteiger partial charge in [-0.05, 0) is 71.6 Å². The minimum absolute atomic E-state index is 0.0200.